The number of carbonyl (C=O) groups excluding carboxylic acids is 3. The monoisotopic (exact) mass is 389 g/mol. The molecule has 1 aromatic rings. The first-order valence-electron chi connectivity index (χ1n) is 9.49. The Hall–Kier alpha value is -2.65. The zero-order chi connectivity index (χ0) is 20.0. The maximum Gasteiger partial charge on any atom is 0.261 e. The minimum absolute atomic E-state index is 0.124. The smallest absolute Gasteiger partial charge is 0.261 e. The van der Waals surface area contributed by atoms with Crippen LogP contribution >= 0.6 is 0 Å². The molecule has 0 radical (unpaired) electrons. The summed E-state index contributed by atoms with van der Waals surface area (Å²) in [7, 11) is 0. The number of aromatic hydroxyl groups is 2. The number of benzene rings is 1. The zero-order valence-electron chi connectivity index (χ0n) is 15.3. The molecule has 0 bridgehead atoms. The third-order valence-electron chi connectivity index (χ3n) is 5.82. The summed E-state index contributed by atoms with van der Waals surface area (Å²) in [5.74, 6) is -2.89. The summed E-state index contributed by atoms with van der Waals surface area (Å²) in [6, 6.07) is 3.23. The van der Waals surface area contributed by atoms with Crippen LogP contribution in [0.5, 0.6) is 11.5 Å². The fourth-order valence-electron chi connectivity index (χ4n) is 4.58. The van der Waals surface area contributed by atoms with E-state index in [1.54, 1.807) is 0 Å². The van der Waals surface area contributed by atoms with Gasteiger partial charge in [-0.2, -0.15) is 5.06 Å². The van der Waals surface area contributed by atoms with Gasteiger partial charge in [-0.25, -0.2) is 0 Å². The Morgan fingerprint density at radius 1 is 1.11 bits per heavy atom. The maximum atomic E-state index is 13.2. The second-order valence-electron chi connectivity index (χ2n) is 7.62. The van der Waals surface area contributed by atoms with E-state index >= 15 is 0 Å². The Labute approximate surface area is 161 Å². The predicted octanol–water partition coefficient (Wildman–Crippen LogP) is 0.558. The Kier molecular flexibility index (Phi) is 4.72. The molecular formula is C19H23N3O6. The first kappa shape index (κ1) is 18.7. The van der Waals surface area contributed by atoms with Crippen molar-refractivity contribution in [2.75, 3.05) is 6.54 Å². The number of hydrogen-bond acceptors (Lipinski definition) is 7. The molecule has 0 aromatic heterocycles. The van der Waals surface area contributed by atoms with Gasteiger partial charge < -0.3 is 15.9 Å². The molecule has 4 rings (SSSR count). The number of nitrogens with zero attached hydrogens (tertiary/aromatic N) is 2. The van der Waals surface area contributed by atoms with Crippen molar-refractivity contribution in [1.29, 1.82) is 0 Å². The molecule has 1 aliphatic carbocycles. The van der Waals surface area contributed by atoms with Crippen LogP contribution in [0.4, 0.5) is 0 Å². The molecule has 1 saturated carbocycles. The van der Waals surface area contributed by atoms with E-state index in [0.29, 0.717) is 5.56 Å². The summed E-state index contributed by atoms with van der Waals surface area (Å²) in [4.78, 5) is 44.7. The van der Waals surface area contributed by atoms with E-state index in [0.717, 1.165) is 32.1 Å². The molecule has 3 unspecified atom stereocenters. The molecule has 4 N–H and O–H groups in total. The van der Waals surface area contributed by atoms with Gasteiger partial charge in [-0.1, -0.05) is 25.3 Å². The van der Waals surface area contributed by atoms with Crippen molar-refractivity contribution in [3.8, 4) is 11.5 Å². The molecule has 3 amide bonds. The third kappa shape index (κ3) is 3.00. The van der Waals surface area contributed by atoms with Gasteiger partial charge in [0.2, 0.25) is 11.8 Å². The van der Waals surface area contributed by atoms with Crippen LogP contribution in [0, 0.1) is 5.92 Å². The van der Waals surface area contributed by atoms with E-state index in [4.69, 9.17) is 10.6 Å². The fourth-order valence-corrected chi connectivity index (χ4v) is 4.58. The predicted molar refractivity (Wildman–Crippen MR) is 95.5 cm³/mol. The zero-order valence-corrected chi connectivity index (χ0v) is 15.3. The minimum atomic E-state index is -1.02. The maximum absolute atomic E-state index is 13.2. The Morgan fingerprint density at radius 2 is 1.82 bits per heavy atom. The molecule has 3 fully saturated rings. The lowest BCUT2D eigenvalue weighted by molar-refractivity contribution is -0.183. The molecule has 150 valence electrons. The van der Waals surface area contributed by atoms with Gasteiger partial charge in [0, 0.05) is 6.04 Å². The van der Waals surface area contributed by atoms with Crippen molar-refractivity contribution in [2.24, 2.45) is 11.7 Å². The van der Waals surface area contributed by atoms with Crippen LogP contribution in [0.2, 0.25) is 0 Å². The van der Waals surface area contributed by atoms with E-state index in [1.165, 1.54) is 28.2 Å². The number of fused-ring (bicyclic) bond motifs is 1. The van der Waals surface area contributed by atoms with E-state index < -0.39 is 24.0 Å². The van der Waals surface area contributed by atoms with Crippen molar-refractivity contribution in [3.63, 3.8) is 0 Å². The van der Waals surface area contributed by atoms with Gasteiger partial charge in [-0.3, -0.25) is 24.1 Å². The largest absolute Gasteiger partial charge is 0.504 e. The highest BCUT2D eigenvalue weighted by Gasteiger charge is 2.60. The summed E-state index contributed by atoms with van der Waals surface area (Å²) in [6.07, 6.45) is 3.59. The molecule has 28 heavy (non-hydrogen) atoms. The summed E-state index contributed by atoms with van der Waals surface area (Å²) in [5, 5.41) is 20.7. The number of phenolic OH excluding ortho intramolecular Hbond substituents is 2. The Morgan fingerprint density at radius 3 is 2.46 bits per heavy atom. The second-order valence-corrected chi connectivity index (χ2v) is 7.62. The highest BCUT2D eigenvalue weighted by atomic mass is 16.7. The first-order chi connectivity index (χ1) is 13.4. The van der Waals surface area contributed by atoms with Crippen LogP contribution < -0.4 is 5.73 Å². The van der Waals surface area contributed by atoms with E-state index in [9.17, 15) is 24.6 Å². The third-order valence-corrected chi connectivity index (χ3v) is 5.82. The van der Waals surface area contributed by atoms with Gasteiger partial charge >= 0.3 is 0 Å². The van der Waals surface area contributed by atoms with Crippen LogP contribution in [0.25, 0.3) is 0 Å². The van der Waals surface area contributed by atoms with Crippen LogP contribution in [-0.2, 0) is 19.2 Å². The molecule has 1 aromatic carbocycles. The summed E-state index contributed by atoms with van der Waals surface area (Å²) in [6.45, 7) is -0.302. The Balaban J connectivity index is 1.69. The van der Waals surface area contributed by atoms with Crippen molar-refractivity contribution in [2.45, 2.75) is 50.3 Å². The average Bonchev–Trinajstić information content (AvgIpc) is 3.13. The topological polar surface area (TPSA) is 133 Å². The SMILES string of the molecule is NC(=O)CN1OC2C(=O)N(C3CCCCC3)C(=O)C2C1c1ccc(O)c(O)c1. The number of hydrogen-bond donors (Lipinski definition) is 3. The number of rotatable bonds is 4. The molecule has 2 saturated heterocycles. The van der Waals surface area contributed by atoms with Crippen molar-refractivity contribution in [3.05, 3.63) is 23.8 Å². The van der Waals surface area contributed by atoms with Gasteiger partial charge in [-0.15, -0.1) is 0 Å². The van der Waals surface area contributed by atoms with Crippen LogP contribution in [0.15, 0.2) is 18.2 Å². The molecule has 2 aliphatic heterocycles. The van der Waals surface area contributed by atoms with E-state index in [1.807, 2.05) is 0 Å². The number of hydroxylamine groups is 2. The van der Waals surface area contributed by atoms with E-state index in [2.05, 4.69) is 0 Å². The number of likely N-dealkylation sites (tertiary alicyclic amines) is 1. The van der Waals surface area contributed by atoms with Gasteiger partial charge in [0.1, 0.15) is 6.54 Å². The van der Waals surface area contributed by atoms with Gasteiger partial charge in [0.15, 0.2) is 17.6 Å². The van der Waals surface area contributed by atoms with Crippen LogP contribution in [0.3, 0.4) is 0 Å². The number of carbonyl (C=O) groups is 3. The molecule has 3 atom stereocenters. The molecule has 0 spiro atoms. The van der Waals surface area contributed by atoms with E-state index in [-0.39, 0.29) is 35.9 Å². The number of primary amides is 1. The molecule has 9 heteroatoms. The van der Waals surface area contributed by atoms with Crippen LogP contribution in [0.1, 0.15) is 43.7 Å². The number of amides is 3. The molecular weight excluding hydrogens is 366 g/mol. The van der Waals surface area contributed by atoms with Gasteiger partial charge in [0.05, 0.1) is 12.0 Å². The lowest BCUT2D eigenvalue weighted by atomic mass is 9.90. The minimum Gasteiger partial charge on any atom is -0.504 e. The summed E-state index contributed by atoms with van der Waals surface area (Å²) in [5.41, 5.74) is 5.75. The standard InChI is InChI=1S/C19H23N3O6/c20-14(25)9-21-16(10-6-7-12(23)13(24)8-10)15-17(28-21)19(27)22(18(15)26)11-4-2-1-3-5-11/h6-8,11,15-17,23-24H,1-5,9H2,(H2,20,25). The molecule has 3 aliphatic rings. The number of imide groups is 1. The molecule has 9 nitrogen and oxygen atoms in total. The lowest BCUT2D eigenvalue weighted by Gasteiger charge is -2.32. The second kappa shape index (κ2) is 7.06. The highest BCUT2D eigenvalue weighted by molar-refractivity contribution is 6.07. The summed E-state index contributed by atoms with van der Waals surface area (Å²) >= 11 is 0. The first-order valence-corrected chi connectivity index (χ1v) is 9.49. The Bertz CT molecular complexity index is 822. The van der Waals surface area contributed by atoms with Crippen molar-refractivity contribution < 1.29 is 29.4 Å². The fraction of sp³-hybridized carbons (Fsp3) is 0.526. The average molecular weight is 389 g/mol. The lowest BCUT2D eigenvalue weighted by Crippen LogP contribution is -2.45. The van der Waals surface area contributed by atoms with Crippen molar-refractivity contribution in [1.82, 2.24) is 9.96 Å². The quantitative estimate of drug-likeness (QED) is 0.506. The van der Waals surface area contributed by atoms with Gasteiger partial charge in [-0.05, 0) is 30.5 Å². The number of phenols is 2. The van der Waals surface area contributed by atoms with Gasteiger partial charge in [0.25, 0.3) is 5.91 Å². The molecule has 2 heterocycles. The normalized spacial score (nSPS) is 28.7. The number of nitrogens with two attached hydrogens (primary N) is 1. The highest BCUT2D eigenvalue weighted by Crippen LogP contribution is 2.46. The summed E-state index contributed by atoms with van der Waals surface area (Å²) < 4.78 is 0. The van der Waals surface area contributed by atoms with Crippen LogP contribution in [-0.4, -0.2) is 56.6 Å². The van der Waals surface area contributed by atoms with Crippen molar-refractivity contribution >= 4 is 17.7 Å².